The molecule has 1 heterocycles. The van der Waals surface area contributed by atoms with Crippen molar-refractivity contribution in [2.24, 2.45) is 12.2 Å². The summed E-state index contributed by atoms with van der Waals surface area (Å²) >= 11 is 6.03. The minimum atomic E-state index is -4.74. The van der Waals surface area contributed by atoms with Crippen molar-refractivity contribution in [2.45, 2.75) is 6.18 Å². The number of amides is 1. The SMILES string of the molecule is CNC(=O)C(=C\c1cnn(C)c1C(F)(F)F)/C(=N\OC)c1c(F)cccc1Cl. The molecule has 1 aromatic heterocycles. The summed E-state index contributed by atoms with van der Waals surface area (Å²) in [5.41, 5.74) is -2.56. The average molecular weight is 419 g/mol. The van der Waals surface area contributed by atoms with E-state index in [-0.39, 0.29) is 16.3 Å². The van der Waals surface area contributed by atoms with Crippen molar-refractivity contribution in [3.05, 3.63) is 57.6 Å². The summed E-state index contributed by atoms with van der Waals surface area (Å²) in [6.07, 6.45) is -2.91. The van der Waals surface area contributed by atoms with Crippen LogP contribution in [0.4, 0.5) is 17.6 Å². The summed E-state index contributed by atoms with van der Waals surface area (Å²) in [5, 5.41) is 9.39. The summed E-state index contributed by atoms with van der Waals surface area (Å²) in [5.74, 6) is -1.66. The Labute approximate surface area is 162 Å². The Morgan fingerprint density at radius 3 is 2.61 bits per heavy atom. The Bertz CT molecular complexity index is 931. The van der Waals surface area contributed by atoms with Crippen molar-refractivity contribution in [3.8, 4) is 0 Å². The van der Waals surface area contributed by atoms with Gasteiger partial charge in [0.15, 0.2) is 0 Å². The van der Waals surface area contributed by atoms with Gasteiger partial charge in [-0.15, -0.1) is 0 Å². The molecule has 2 rings (SSSR count). The van der Waals surface area contributed by atoms with Gasteiger partial charge >= 0.3 is 6.18 Å². The fraction of sp³-hybridized carbons (Fsp3) is 0.235. The van der Waals surface area contributed by atoms with Gasteiger partial charge in [0.2, 0.25) is 0 Å². The number of nitrogens with one attached hydrogen (secondary N) is 1. The molecule has 0 aliphatic rings. The summed E-state index contributed by atoms with van der Waals surface area (Å²) < 4.78 is 55.1. The zero-order valence-corrected chi connectivity index (χ0v) is 15.7. The average Bonchev–Trinajstić information content (AvgIpc) is 2.99. The summed E-state index contributed by atoms with van der Waals surface area (Å²) in [6.45, 7) is 0. The Hall–Kier alpha value is -2.88. The number of benzene rings is 1. The first-order valence-corrected chi connectivity index (χ1v) is 8.08. The molecule has 6 nitrogen and oxygen atoms in total. The highest BCUT2D eigenvalue weighted by Crippen LogP contribution is 2.33. The van der Waals surface area contributed by atoms with Gasteiger partial charge < -0.3 is 10.2 Å². The first-order valence-electron chi connectivity index (χ1n) is 7.70. The molecule has 0 spiro atoms. The van der Waals surface area contributed by atoms with Crippen molar-refractivity contribution >= 4 is 29.3 Å². The smallest absolute Gasteiger partial charge is 0.399 e. The van der Waals surface area contributed by atoms with Crippen molar-refractivity contribution in [1.82, 2.24) is 15.1 Å². The Morgan fingerprint density at radius 1 is 1.39 bits per heavy atom. The van der Waals surface area contributed by atoms with Gasteiger partial charge in [0.25, 0.3) is 5.91 Å². The van der Waals surface area contributed by atoms with E-state index in [1.807, 2.05) is 0 Å². The van der Waals surface area contributed by atoms with Crippen molar-refractivity contribution in [2.75, 3.05) is 14.2 Å². The highest BCUT2D eigenvalue weighted by Gasteiger charge is 2.37. The number of hydrogen-bond acceptors (Lipinski definition) is 4. The van der Waals surface area contributed by atoms with Crippen molar-refractivity contribution in [3.63, 3.8) is 0 Å². The van der Waals surface area contributed by atoms with Gasteiger partial charge in [-0.05, 0) is 18.2 Å². The zero-order valence-electron chi connectivity index (χ0n) is 14.9. The number of likely N-dealkylation sites (N-methyl/N-ethyl adjacent to an activating group) is 1. The first kappa shape index (κ1) is 21.4. The van der Waals surface area contributed by atoms with E-state index in [9.17, 15) is 22.4 Å². The highest BCUT2D eigenvalue weighted by atomic mass is 35.5. The lowest BCUT2D eigenvalue weighted by Gasteiger charge is -2.13. The standard InChI is InChI=1S/C17H15ClF4N4O2/c1-23-16(27)10(7-9-8-24-26(2)15(9)17(20,21)22)14(25-28-3)13-11(18)5-4-6-12(13)19/h4-8H,1-3H3,(H,23,27)/b10-7-,25-14+. The molecule has 0 saturated carbocycles. The monoisotopic (exact) mass is 418 g/mol. The molecular formula is C17H15ClF4N4O2. The normalized spacial score (nSPS) is 12.9. The second-order valence-corrected chi connectivity index (χ2v) is 5.83. The number of oxime groups is 1. The summed E-state index contributed by atoms with van der Waals surface area (Å²) in [6, 6.07) is 3.74. The van der Waals surface area contributed by atoms with Gasteiger partial charge in [0.1, 0.15) is 24.3 Å². The molecule has 0 radical (unpaired) electrons. The van der Waals surface area contributed by atoms with Crippen LogP contribution < -0.4 is 5.32 Å². The Balaban J connectivity index is 2.78. The van der Waals surface area contributed by atoms with Crippen molar-refractivity contribution in [1.29, 1.82) is 0 Å². The maximum Gasteiger partial charge on any atom is 0.433 e. The number of halogens is 5. The van der Waals surface area contributed by atoms with Gasteiger partial charge in [0, 0.05) is 19.7 Å². The molecule has 0 aliphatic carbocycles. The van der Waals surface area contributed by atoms with Crippen LogP contribution in [0.25, 0.3) is 6.08 Å². The molecule has 1 amide bonds. The second kappa shape index (κ2) is 8.42. The third kappa shape index (κ3) is 4.33. The van der Waals surface area contributed by atoms with Crippen LogP contribution in [0.2, 0.25) is 5.02 Å². The molecule has 2 aromatic rings. The molecule has 11 heteroatoms. The largest absolute Gasteiger partial charge is 0.433 e. The van der Waals surface area contributed by atoms with E-state index in [1.54, 1.807) is 0 Å². The third-order valence-electron chi connectivity index (χ3n) is 3.64. The number of nitrogens with zero attached hydrogens (tertiary/aromatic N) is 3. The van der Waals surface area contributed by atoms with Crippen LogP contribution in [0.15, 0.2) is 35.1 Å². The number of alkyl halides is 3. The van der Waals surface area contributed by atoms with Crippen LogP contribution in [-0.4, -0.2) is 35.6 Å². The molecule has 28 heavy (non-hydrogen) atoms. The summed E-state index contributed by atoms with van der Waals surface area (Å²) in [4.78, 5) is 17.1. The quantitative estimate of drug-likeness (QED) is 0.350. The maximum absolute atomic E-state index is 14.4. The lowest BCUT2D eigenvalue weighted by molar-refractivity contribution is -0.143. The van der Waals surface area contributed by atoms with E-state index in [2.05, 4.69) is 20.4 Å². The van der Waals surface area contributed by atoms with Crippen LogP contribution in [0, 0.1) is 5.82 Å². The van der Waals surface area contributed by atoms with Crippen LogP contribution in [0.3, 0.4) is 0 Å². The van der Waals surface area contributed by atoms with Gasteiger partial charge in [-0.2, -0.15) is 18.3 Å². The Kier molecular flexibility index (Phi) is 6.45. The molecule has 0 fully saturated rings. The number of hydrogen-bond donors (Lipinski definition) is 1. The number of aryl methyl sites for hydroxylation is 1. The summed E-state index contributed by atoms with van der Waals surface area (Å²) in [7, 11) is 3.51. The van der Waals surface area contributed by atoms with E-state index in [1.165, 1.54) is 19.2 Å². The van der Waals surface area contributed by atoms with Crippen molar-refractivity contribution < 1.29 is 27.2 Å². The lowest BCUT2D eigenvalue weighted by Crippen LogP contribution is -2.26. The minimum Gasteiger partial charge on any atom is -0.399 e. The number of aromatic nitrogens is 2. The van der Waals surface area contributed by atoms with E-state index in [0.29, 0.717) is 4.68 Å². The highest BCUT2D eigenvalue weighted by molar-refractivity contribution is 6.39. The molecule has 150 valence electrons. The van der Waals surface area contributed by atoms with Gasteiger partial charge in [-0.1, -0.05) is 22.8 Å². The van der Waals surface area contributed by atoms with Crippen LogP contribution in [0.1, 0.15) is 16.8 Å². The Morgan fingerprint density at radius 2 is 2.07 bits per heavy atom. The molecule has 1 aromatic carbocycles. The molecule has 0 bridgehead atoms. The molecular weight excluding hydrogens is 404 g/mol. The van der Waals surface area contributed by atoms with E-state index >= 15 is 0 Å². The number of carbonyl (C=O) groups excluding carboxylic acids is 1. The molecule has 0 atom stereocenters. The van der Waals surface area contributed by atoms with Gasteiger partial charge in [-0.3, -0.25) is 9.48 Å². The van der Waals surface area contributed by atoms with E-state index in [4.69, 9.17) is 11.6 Å². The lowest BCUT2D eigenvalue weighted by atomic mass is 9.98. The topological polar surface area (TPSA) is 68.5 Å². The van der Waals surface area contributed by atoms with E-state index < -0.39 is 34.7 Å². The van der Waals surface area contributed by atoms with Crippen LogP contribution in [-0.2, 0) is 22.9 Å². The van der Waals surface area contributed by atoms with Crippen LogP contribution >= 0.6 is 11.6 Å². The minimum absolute atomic E-state index is 0.104. The first-order chi connectivity index (χ1) is 13.1. The fourth-order valence-corrected chi connectivity index (χ4v) is 2.74. The molecule has 0 aliphatic heterocycles. The molecule has 0 unspecified atom stereocenters. The zero-order chi connectivity index (χ0) is 21.1. The predicted molar refractivity (Wildman–Crippen MR) is 95.2 cm³/mol. The third-order valence-corrected chi connectivity index (χ3v) is 3.96. The van der Waals surface area contributed by atoms with Crippen LogP contribution in [0.5, 0.6) is 0 Å². The second-order valence-electron chi connectivity index (χ2n) is 5.43. The van der Waals surface area contributed by atoms with E-state index in [0.717, 1.165) is 32.5 Å². The number of carbonyl (C=O) groups is 1. The molecule has 0 saturated heterocycles. The van der Waals surface area contributed by atoms with Gasteiger partial charge in [-0.25, -0.2) is 4.39 Å². The number of rotatable bonds is 5. The van der Waals surface area contributed by atoms with Gasteiger partial charge in [0.05, 0.1) is 22.4 Å². The fourth-order valence-electron chi connectivity index (χ4n) is 2.48. The predicted octanol–water partition coefficient (Wildman–Crippen LogP) is 3.41. The maximum atomic E-state index is 14.4. The molecule has 1 N–H and O–H groups in total.